The smallest absolute Gasteiger partial charge is 0.191 e. The number of halogens is 1. The minimum absolute atomic E-state index is 0.209. The van der Waals surface area contributed by atoms with E-state index in [4.69, 9.17) is 0 Å². The zero-order valence-electron chi connectivity index (χ0n) is 16.5. The number of guanidine groups is 1. The average molecular weight is 386 g/mol. The summed E-state index contributed by atoms with van der Waals surface area (Å²) in [6.45, 7) is 5.30. The van der Waals surface area contributed by atoms with Gasteiger partial charge in [0.1, 0.15) is 11.4 Å². The normalized spacial score (nSPS) is 14.2. The SMILES string of the molecule is CCNC(=NCC(C)(O)c1cnn(C)c1)NCCc1c[nH]c2cc(F)ccc12. The Kier molecular flexibility index (Phi) is 5.99. The van der Waals surface area contributed by atoms with Gasteiger partial charge in [0.05, 0.1) is 12.7 Å². The highest BCUT2D eigenvalue weighted by Crippen LogP contribution is 2.20. The molecule has 0 bridgehead atoms. The molecule has 1 atom stereocenters. The van der Waals surface area contributed by atoms with Gasteiger partial charge in [0, 0.05) is 49.0 Å². The highest BCUT2D eigenvalue weighted by Gasteiger charge is 2.24. The Morgan fingerprint density at radius 2 is 2.21 bits per heavy atom. The number of fused-ring (bicyclic) bond motifs is 1. The third-order valence-electron chi connectivity index (χ3n) is 4.63. The molecule has 150 valence electrons. The zero-order valence-corrected chi connectivity index (χ0v) is 16.5. The number of aryl methyl sites for hydroxylation is 1. The summed E-state index contributed by atoms with van der Waals surface area (Å²) in [6, 6.07) is 4.76. The first kappa shape index (κ1) is 19.9. The number of nitrogens with zero attached hydrogens (tertiary/aromatic N) is 3. The van der Waals surface area contributed by atoms with Gasteiger partial charge < -0.3 is 20.7 Å². The maximum absolute atomic E-state index is 13.3. The highest BCUT2D eigenvalue weighted by molar-refractivity contribution is 5.83. The van der Waals surface area contributed by atoms with Gasteiger partial charge in [0.2, 0.25) is 0 Å². The van der Waals surface area contributed by atoms with Crippen molar-refractivity contribution in [2.45, 2.75) is 25.9 Å². The van der Waals surface area contributed by atoms with Crippen molar-refractivity contribution in [2.24, 2.45) is 12.0 Å². The maximum Gasteiger partial charge on any atom is 0.191 e. The molecule has 0 aliphatic carbocycles. The predicted molar refractivity (Wildman–Crippen MR) is 109 cm³/mol. The van der Waals surface area contributed by atoms with E-state index in [9.17, 15) is 9.50 Å². The Labute approximate surface area is 163 Å². The summed E-state index contributed by atoms with van der Waals surface area (Å²) in [5.41, 5.74) is 1.53. The van der Waals surface area contributed by atoms with Crippen molar-refractivity contribution in [1.82, 2.24) is 25.4 Å². The molecule has 0 aliphatic rings. The lowest BCUT2D eigenvalue weighted by atomic mass is 10.0. The molecule has 0 amide bonds. The molecule has 1 aromatic carbocycles. The fraction of sp³-hybridized carbons (Fsp3) is 0.400. The van der Waals surface area contributed by atoms with E-state index in [2.05, 4.69) is 25.7 Å². The molecule has 2 heterocycles. The summed E-state index contributed by atoms with van der Waals surface area (Å²) in [6.07, 6.45) is 6.10. The quantitative estimate of drug-likeness (QED) is 0.370. The third-order valence-corrected chi connectivity index (χ3v) is 4.63. The van der Waals surface area contributed by atoms with Gasteiger partial charge in [-0.3, -0.25) is 4.68 Å². The number of H-pyrrole nitrogens is 1. The van der Waals surface area contributed by atoms with Gasteiger partial charge in [-0.15, -0.1) is 0 Å². The molecule has 3 aromatic rings. The maximum atomic E-state index is 13.3. The summed E-state index contributed by atoms with van der Waals surface area (Å²) in [4.78, 5) is 7.62. The van der Waals surface area contributed by atoms with E-state index in [1.165, 1.54) is 12.1 Å². The Balaban J connectivity index is 1.61. The van der Waals surface area contributed by atoms with E-state index in [-0.39, 0.29) is 12.4 Å². The molecule has 0 fully saturated rings. The molecule has 7 nitrogen and oxygen atoms in total. The van der Waals surface area contributed by atoms with Crippen molar-refractivity contribution in [3.63, 3.8) is 0 Å². The van der Waals surface area contributed by atoms with E-state index in [1.807, 2.05) is 20.2 Å². The number of aliphatic hydroxyl groups is 1. The van der Waals surface area contributed by atoms with Crippen LogP contribution in [-0.2, 0) is 19.1 Å². The number of hydrogen-bond acceptors (Lipinski definition) is 3. The van der Waals surface area contributed by atoms with Gasteiger partial charge in [0.15, 0.2) is 5.96 Å². The molecule has 0 radical (unpaired) electrons. The molecule has 4 N–H and O–H groups in total. The van der Waals surface area contributed by atoms with Crippen LogP contribution in [0.15, 0.2) is 41.8 Å². The first-order valence-electron chi connectivity index (χ1n) is 9.38. The van der Waals surface area contributed by atoms with Crippen molar-refractivity contribution in [3.05, 3.63) is 53.7 Å². The Hall–Kier alpha value is -2.87. The third kappa shape index (κ3) is 4.69. The van der Waals surface area contributed by atoms with Crippen molar-refractivity contribution in [2.75, 3.05) is 19.6 Å². The van der Waals surface area contributed by atoms with Crippen LogP contribution in [-0.4, -0.2) is 45.5 Å². The van der Waals surface area contributed by atoms with Crippen LogP contribution in [0, 0.1) is 5.82 Å². The number of benzene rings is 1. The van der Waals surface area contributed by atoms with E-state index >= 15 is 0 Å². The fourth-order valence-corrected chi connectivity index (χ4v) is 3.05. The van der Waals surface area contributed by atoms with Gasteiger partial charge >= 0.3 is 0 Å². The van der Waals surface area contributed by atoms with Gasteiger partial charge in [-0.1, -0.05) is 0 Å². The molecular formula is C20H27FN6O. The largest absolute Gasteiger partial charge is 0.383 e. The molecule has 0 saturated heterocycles. The molecule has 1 unspecified atom stereocenters. The molecule has 3 rings (SSSR count). The van der Waals surface area contributed by atoms with Crippen molar-refractivity contribution >= 4 is 16.9 Å². The molecule has 0 spiro atoms. The Morgan fingerprint density at radius 1 is 1.39 bits per heavy atom. The van der Waals surface area contributed by atoms with Crippen LogP contribution < -0.4 is 10.6 Å². The van der Waals surface area contributed by atoms with Crippen LogP contribution in [0.1, 0.15) is 25.0 Å². The van der Waals surface area contributed by atoms with E-state index in [0.29, 0.717) is 19.0 Å². The van der Waals surface area contributed by atoms with Gasteiger partial charge in [-0.25, -0.2) is 9.38 Å². The van der Waals surface area contributed by atoms with Crippen LogP contribution >= 0.6 is 0 Å². The standard InChI is InChI=1S/C20H27FN6O/c1-4-22-19(25-13-20(2,28)15-11-26-27(3)12-15)23-8-7-14-10-24-18-9-16(21)5-6-17(14)18/h5-6,9-12,24,28H,4,7-8,13H2,1-3H3,(H2,22,23,25). The average Bonchev–Trinajstić information content (AvgIpc) is 3.26. The van der Waals surface area contributed by atoms with Crippen LogP contribution in [0.5, 0.6) is 0 Å². The molecular weight excluding hydrogens is 359 g/mol. The topological polar surface area (TPSA) is 90.3 Å². The van der Waals surface area contributed by atoms with Crippen molar-refractivity contribution < 1.29 is 9.50 Å². The van der Waals surface area contributed by atoms with E-state index < -0.39 is 5.60 Å². The minimum atomic E-state index is -1.10. The fourth-order valence-electron chi connectivity index (χ4n) is 3.05. The zero-order chi connectivity index (χ0) is 20.1. The number of hydrogen-bond donors (Lipinski definition) is 4. The number of aliphatic imine (C=N–C) groups is 1. The van der Waals surface area contributed by atoms with Gasteiger partial charge in [-0.05, 0) is 44.0 Å². The monoisotopic (exact) mass is 386 g/mol. The first-order chi connectivity index (χ1) is 13.4. The number of nitrogens with one attached hydrogen (secondary N) is 3. The molecule has 2 aromatic heterocycles. The van der Waals surface area contributed by atoms with Crippen LogP contribution in [0.25, 0.3) is 10.9 Å². The Bertz CT molecular complexity index is 959. The second kappa shape index (κ2) is 8.43. The second-order valence-corrected chi connectivity index (χ2v) is 7.05. The summed E-state index contributed by atoms with van der Waals surface area (Å²) in [7, 11) is 1.81. The number of rotatable bonds is 7. The lowest BCUT2D eigenvalue weighted by Crippen LogP contribution is -2.39. The van der Waals surface area contributed by atoms with Crippen LogP contribution in [0.4, 0.5) is 4.39 Å². The Morgan fingerprint density at radius 3 is 2.93 bits per heavy atom. The highest BCUT2D eigenvalue weighted by atomic mass is 19.1. The van der Waals surface area contributed by atoms with E-state index in [1.54, 1.807) is 30.1 Å². The lowest BCUT2D eigenvalue weighted by molar-refractivity contribution is 0.0672. The van der Waals surface area contributed by atoms with Gasteiger partial charge in [0.25, 0.3) is 0 Å². The number of aromatic nitrogens is 3. The molecule has 28 heavy (non-hydrogen) atoms. The lowest BCUT2D eigenvalue weighted by Gasteiger charge is -2.20. The number of aromatic amines is 1. The van der Waals surface area contributed by atoms with Gasteiger partial charge in [-0.2, -0.15) is 5.10 Å². The van der Waals surface area contributed by atoms with Crippen LogP contribution in [0.3, 0.4) is 0 Å². The summed E-state index contributed by atoms with van der Waals surface area (Å²) in [5.74, 6) is 0.388. The predicted octanol–water partition coefficient (Wildman–Crippen LogP) is 2.05. The van der Waals surface area contributed by atoms with E-state index in [0.717, 1.165) is 28.5 Å². The molecule has 0 aliphatic heterocycles. The summed E-state index contributed by atoms with van der Waals surface area (Å²) >= 11 is 0. The second-order valence-electron chi connectivity index (χ2n) is 7.05. The first-order valence-corrected chi connectivity index (χ1v) is 9.38. The summed E-state index contributed by atoms with van der Waals surface area (Å²) < 4.78 is 15.0. The molecule has 8 heteroatoms. The van der Waals surface area contributed by atoms with Crippen molar-refractivity contribution in [3.8, 4) is 0 Å². The molecule has 0 saturated carbocycles. The van der Waals surface area contributed by atoms with Crippen LogP contribution in [0.2, 0.25) is 0 Å². The van der Waals surface area contributed by atoms with Crippen molar-refractivity contribution in [1.29, 1.82) is 0 Å². The summed E-state index contributed by atoms with van der Waals surface area (Å²) in [5, 5.41) is 22.3. The minimum Gasteiger partial charge on any atom is -0.383 e.